The number of aliphatic hydroxyl groups excluding tert-OH is 1. The van der Waals surface area contributed by atoms with Crippen LogP contribution in [0.2, 0.25) is 0 Å². The highest BCUT2D eigenvalue weighted by molar-refractivity contribution is 7.47. The summed E-state index contributed by atoms with van der Waals surface area (Å²) in [4.78, 5) is 73.3. The number of carbonyl (C=O) groups excluding carboxylic acids is 4. The number of unbranched alkanes of at least 4 members (excludes halogenated alkanes) is 60. The molecule has 3 N–H and O–H groups in total. The van der Waals surface area contributed by atoms with Crippen molar-refractivity contribution in [2.45, 2.75) is 496 Å². The van der Waals surface area contributed by atoms with E-state index in [9.17, 15) is 43.2 Å². The van der Waals surface area contributed by atoms with Crippen LogP contribution >= 0.6 is 15.6 Å². The number of esters is 4. The molecule has 5 atom stereocenters. The predicted octanol–water partition coefficient (Wildman–Crippen LogP) is 27.2. The molecule has 0 amide bonds. The van der Waals surface area contributed by atoms with Gasteiger partial charge in [-0.2, -0.15) is 0 Å². The van der Waals surface area contributed by atoms with Crippen LogP contribution in [0.15, 0.2) is 0 Å². The van der Waals surface area contributed by atoms with E-state index < -0.39 is 97.5 Å². The second-order valence-corrected chi connectivity index (χ2v) is 35.0. The first-order valence-corrected chi connectivity index (χ1v) is 48.6. The minimum Gasteiger partial charge on any atom is -0.462 e. The predicted molar refractivity (Wildman–Crippen MR) is 442 cm³/mol. The zero-order valence-electron chi connectivity index (χ0n) is 70.3. The zero-order valence-corrected chi connectivity index (χ0v) is 72.1. The molecule has 0 fully saturated rings. The van der Waals surface area contributed by atoms with Crippen LogP contribution in [0, 0.1) is 5.92 Å². The largest absolute Gasteiger partial charge is 0.472 e. The molecule has 0 spiro atoms. The third-order valence-electron chi connectivity index (χ3n) is 20.8. The quantitative estimate of drug-likeness (QED) is 0.0222. The number of hydrogen-bond acceptors (Lipinski definition) is 15. The molecule has 2 unspecified atom stereocenters. The van der Waals surface area contributed by atoms with Crippen molar-refractivity contribution in [1.29, 1.82) is 0 Å². The maximum absolute atomic E-state index is 13.2. The van der Waals surface area contributed by atoms with Crippen molar-refractivity contribution in [3.63, 3.8) is 0 Å². The molecule has 0 aliphatic heterocycles. The second kappa shape index (κ2) is 80.7. The van der Waals surface area contributed by atoms with Crippen molar-refractivity contribution in [2.24, 2.45) is 5.92 Å². The van der Waals surface area contributed by atoms with Crippen molar-refractivity contribution in [3.05, 3.63) is 0 Å². The summed E-state index contributed by atoms with van der Waals surface area (Å²) in [6.07, 6.45) is 75.0. The van der Waals surface area contributed by atoms with E-state index in [4.69, 9.17) is 37.0 Å². The number of phosphoric ester groups is 2. The van der Waals surface area contributed by atoms with E-state index in [0.29, 0.717) is 25.7 Å². The molecular formula is C88H172O17P2. The van der Waals surface area contributed by atoms with Gasteiger partial charge in [0.1, 0.15) is 19.3 Å². The molecule has 0 saturated heterocycles. The molecule has 0 aliphatic carbocycles. The Labute approximate surface area is 658 Å². The van der Waals surface area contributed by atoms with Crippen molar-refractivity contribution in [3.8, 4) is 0 Å². The lowest BCUT2D eigenvalue weighted by Crippen LogP contribution is -2.30. The lowest BCUT2D eigenvalue weighted by Gasteiger charge is -2.21. The van der Waals surface area contributed by atoms with Crippen molar-refractivity contribution < 1.29 is 80.2 Å². The van der Waals surface area contributed by atoms with E-state index in [1.54, 1.807) is 0 Å². The number of hydrogen-bond donors (Lipinski definition) is 3. The van der Waals surface area contributed by atoms with Gasteiger partial charge in [0.25, 0.3) is 0 Å². The number of ether oxygens (including phenoxy) is 4. The number of carbonyl (C=O) groups is 4. The summed E-state index contributed by atoms with van der Waals surface area (Å²) in [6, 6.07) is 0. The van der Waals surface area contributed by atoms with E-state index >= 15 is 0 Å². The van der Waals surface area contributed by atoms with Crippen LogP contribution < -0.4 is 0 Å². The molecule has 0 aromatic heterocycles. The Kier molecular flexibility index (Phi) is 79.2. The minimum atomic E-state index is -4.97. The fraction of sp³-hybridized carbons (Fsp3) is 0.955. The number of aliphatic hydroxyl groups is 1. The maximum atomic E-state index is 13.2. The van der Waals surface area contributed by atoms with Gasteiger partial charge in [-0.05, 0) is 31.6 Å². The van der Waals surface area contributed by atoms with Crippen LogP contribution in [-0.2, 0) is 65.4 Å². The maximum Gasteiger partial charge on any atom is 0.472 e. The van der Waals surface area contributed by atoms with Gasteiger partial charge in [-0.25, -0.2) is 9.13 Å². The van der Waals surface area contributed by atoms with Gasteiger partial charge < -0.3 is 33.8 Å². The SMILES string of the molecule is CCCCCCCCCCCCCCCCCCCCCCC(=O)O[C@H](COC(=O)CCCCCCCCCCCCCCCCCCCC)COP(=O)(O)OC[C@@H](O)COP(=O)(O)OC[C@@H](COC(=O)CCCCCCCCCCCC(C)C)OC(=O)CCCCCCCCCCCCCCCCCCC. The Bertz CT molecular complexity index is 2030. The Hall–Kier alpha value is -1.94. The van der Waals surface area contributed by atoms with Crippen LogP contribution in [-0.4, -0.2) is 96.7 Å². The van der Waals surface area contributed by atoms with Gasteiger partial charge >= 0.3 is 39.5 Å². The Morgan fingerprint density at radius 3 is 0.636 bits per heavy atom. The first-order valence-electron chi connectivity index (χ1n) is 45.6. The molecule has 0 rings (SSSR count). The lowest BCUT2D eigenvalue weighted by molar-refractivity contribution is -0.161. The monoisotopic (exact) mass is 1560 g/mol. The molecule has 0 heterocycles. The topological polar surface area (TPSA) is 237 Å². The summed E-state index contributed by atoms with van der Waals surface area (Å²) >= 11 is 0. The van der Waals surface area contributed by atoms with Gasteiger partial charge in [0.15, 0.2) is 12.2 Å². The summed E-state index contributed by atoms with van der Waals surface area (Å²) in [7, 11) is -9.93. The smallest absolute Gasteiger partial charge is 0.462 e. The zero-order chi connectivity index (χ0) is 78.3. The molecule has 0 saturated carbocycles. The van der Waals surface area contributed by atoms with Crippen molar-refractivity contribution in [2.75, 3.05) is 39.6 Å². The highest BCUT2D eigenvalue weighted by atomic mass is 31.2. The summed E-state index contributed by atoms with van der Waals surface area (Å²) in [6.45, 7) is 7.37. The fourth-order valence-electron chi connectivity index (χ4n) is 13.8. The molecule has 636 valence electrons. The molecule has 19 heteroatoms. The van der Waals surface area contributed by atoms with Crippen molar-refractivity contribution in [1.82, 2.24) is 0 Å². The molecular weight excluding hydrogens is 1390 g/mol. The average molecular weight is 1560 g/mol. The Morgan fingerprint density at radius 1 is 0.252 bits per heavy atom. The van der Waals surface area contributed by atoms with Crippen LogP contribution in [0.5, 0.6) is 0 Å². The lowest BCUT2D eigenvalue weighted by atomic mass is 10.0. The normalized spacial score (nSPS) is 13.7. The average Bonchev–Trinajstić information content (AvgIpc) is 0.909. The first kappa shape index (κ1) is 105. The van der Waals surface area contributed by atoms with Crippen molar-refractivity contribution >= 4 is 39.5 Å². The highest BCUT2D eigenvalue weighted by Gasteiger charge is 2.30. The van der Waals surface area contributed by atoms with E-state index in [-0.39, 0.29) is 25.7 Å². The van der Waals surface area contributed by atoms with Gasteiger partial charge in [-0.1, -0.05) is 426 Å². The molecule has 0 bridgehead atoms. The molecule has 0 aromatic carbocycles. The molecule has 0 radical (unpaired) electrons. The van der Waals surface area contributed by atoms with E-state index in [2.05, 4.69) is 34.6 Å². The first-order chi connectivity index (χ1) is 52.0. The molecule has 17 nitrogen and oxygen atoms in total. The molecule has 107 heavy (non-hydrogen) atoms. The van der Waals surface area contributed by atoms with Gasteiger partial charge in [-0.15, -0.1) is 0 Å². The summed E-state index contributed by atoms with van der Waals surface area (Å²) in [5.41, 5.74) is 0. The third kappa shape index (κ3) is 81.9. The van der Waals surface area contributed by atoms with Crippen LogP contribution in [0.25, 0.3) is 0 Å². The Balaban J connectivity index is 5.25. The van der Waals surface area contributed by atoms with E-state index in [1.165, 1.54) is 302 Å². The summed E-state index contributed by atoms with van der Waals surface area (Å²) in [5.74, 6) is -1.35. The standard InChI is InChI=1S/C88H172O17P2/c1-6-9-12-15-18-21-24-27-30-33-35-36-39-42-45-48-53-59-64-69-74-87(92)104-83(77-98-85(90)71-66-61-56-51-46-43-40-38-34-31-28-25-22-19-16-13-10-7-2)79-102-106(94,95)100-75-82(89)76-101-107(96,97)103-80-84(78-99-86(91)72-67-62-57-54-49-50-55-60-65-70-81(4)5)105-88(93)73-68-63-58-52-47-44-41-37-32-29-26-23-20-17-14-11-8-3/h81-84,89H,6-80H2,1-5H3,(H,94,95)(H,96,97)/t82-,83-,84-/m1/s1. The second-order valence-electron chi connectivity index (χ2n) is 32.1. The minimum absolute atomic E-state index is 0.109. The van der Waals surface area contributed by atoms with Crippen LogP contribution in [0.4, 0.5) is 0 Å². The molecule has 0 aliphatic rings. The Morgan fingerprint density at radius 2 is 0.430 bits per heavy atom. The molecule has 0 aromatic rings. The number of rotatable bonds is 88. The van der Waals surface area contributed by atoms with Gasteiger partial charge in [0.05, 0.1) is 26.4 Å². The van der Waals surface area contributed by atoms with Crippen LogP contribution in [0.3, 0.4) is 0 Å². The van der Waals surface area contributed by atoms with E-state index in [0.717, 1.165) is 95.8 Å². The van der Waals surface area contributed by atoms with E-state index in [1.807, 2.05) is 0 Å². The summed E-state index contributed by atoms with van der Waals surface area (Å²) in [5, 5.41) is 10.7. The van der Waals surface area contributed by atoms with Crippen LogP contribution in [0.1, 0.15) is 478 Å². The van der Waals surface area contributed by atoms with Gasteiger partial charge in [0.2, 0.25) is 0 Å². The third-order valence-corrected chi connectivity index (χ3v) is 22.7. The number of phosphoric acid groups is 2. The van der Waals surface area contributed by atoms with Gasteiger partial charge in [-0.3, -0.25) is 37.3 Å². The van der Waals surface area contributed by atoms with Gasteiger partial charge in [0, 0.05) is 25.7 Å². The fourth-order valence-corrected chi connectivity index (χ4v) is 15.4. The highest BCUT2D eigenvalue weighted by Crippen LogP contribution is 2.45. The summed E-state index contributed by atoms with van der Waals surface area (Å²) < 4.78 is 69.0.